The summed E-state index contributed by atoms with van der Waals surface area (Å²) < 4.78 is 0. The van der Waals surface area contributed by atoms with Gasteiger partial charge in [-0.1, -0.05) is 158 Å². The minimum absolute atomic E-state index is 0.177. The molecule has 1 heteroatoms. The number of fused-ring (bicyclic) bond motifs is 3. The quantitative estimate of drug-likeness (QED) is 0.228. The fourth-order valence-corrected chi connectivity index (χ4v) is 18.8. The van der Waals surface area contributed by atoms with Gasteiger partial charge in [-0.25, -0.2) is 0 Å². The van der Waals surface area contributed by atoms with Gasteiger partial charge in [-0.2, -0.15) is 0 Å². The molecule has 260 valence electrons. The molecule has 5 aliphatic rings. The number of allylic oxidation sites excluding steroid dienone is 8. The van der Waals surface area contributed by atoms with E-state index in [1.54, 1.807) is 27.9 Å². The van der Waals surface area contributed by atoms with Gasteiger partial charge in [-0.15, -0.1) is 0 Å². The van der Waals surface area contributed by atoms with Crippen molar-refractivity contribution in [3.8, 4) is 0 Å². The van der Waals surface area contributed by atoms with E-state index >= 15 is 0 Å². The zero-order chi connectivity index (χ0) is 34.9. The third-order valence-electron chi connectivity index (χ3n) is 14.3. The van der Waals surface area contributed by atoms with Crippen LogP contribution in [0.3, 0.4) is 0 Å². The molecule has 8 unspecified atom stereocenters. The van der Waals surface area contributed by atoms with Gasteiger partial charge in [0.1, 0.15) is 0 Å². The molecule has 3 aromatic carbocycles. The van der Waals surface area contributed by atoms with Gasteiger partial charge in [-0.05, 0) is 140 Å². The second kappa shape index (κ2) is 12.8. The van der Waals surface area contributed by atoms with Crippen LogP contribution in [0.4, 0.5) is 0 Å². The van der Waals surface area contributed by atoms with Crippen LogP contribution >= 0.6 is 0 Å². The lowest BCUT2D eigenvalue weighted by molar-refractivity contribution is 0.372. The highest BCUT2D eigenvalue weighted by atomic mass is 28.3. The highest BCUT2D eigenvalue weighted by Gasteiger charge is 2.61. The Labute approximate surface area is 304 Å². The first-order valence-corrected chi connectivity index (χ1v) is 23.2. The zero-order valence-electron chi connectivity index (χ0n) is 32.0. The molecule has 0 N–H and O–H groups in total. The van der Waals surface area contributed by atoms with Gasteiger partial charge >= 0.3 is 0 Å². The van der Waals surface area contributed by atoms with Crippen molar-refractivity contribution in [2.24, 2.45) is 41.4 Å². The predicted octanol–water partition coefficient (Wildman–Crippen LogP) is 13.7. The molecule has 0 nitrogen and oxygen atoms in total. The van der Waals surface area contributed by atoms with Crippen LogP contribution < -0.4 is 0 Å². The van der Waals surface area contributed by atoms with Crippen LogP contribution in [-0.2, 0) is 5.41 Å². The van der Waals surface area contributed by atoms with Gasteiger partial charge in [0, 0.05) is 0 Å². The Hall–Kier alpha value is -3.16. The average molecular weight is 677 g/mol. The number of hydrogen-bond acceptors (Lipinski definition) is 0. The van der Waals surface area contributed by atoms with Crippen molar-refractivity contribution in [2.45, 2.75) is 103 Å². The molecule has 0 aromatic heterocycles. The van der Waals surface area contributed by atoms with Crippen molar-refractivity contribution in [1.29, 1.82) is 0 Å². The summed E-state index contributed by atoms with van der Waals surface area (Å²) >= 11 is 0. The van der Waals surface area contributed by atoms with Crippen molar-refractivity contribution in [3.05, 3.63) is 137 Å². The fourth-order valence-electron chi connectivity index (χ4n) is 12.5. The van der Waals surface area contributed by atoms with Gasteiger partial charge in [0.25, 0.3) is 0 Å². The van der Waals surface area contributed by atoms with Gasteiger partial charge < -0.3 is 0 Å². The van der Waals surface area contributed by atoms with Crippen molar-refractivity contribution >= 4 is 24.8 Å². The Morgan fingerprint density at radius 1 is 0.680 bits per heavy atom. The van der Waals surface area contributed by atoms with Crippen LogP contribution in [-0.4, -0.2) is 8.07 Å². The van der Waals surface area contributed by atoms with E-state index in [2.05, 4.69) is 158 Å². The molecule has 0 bridgehead atoms. The summed E-state index contributed by atoms with van der Waals surface area (Å²) in [5.41, 5.74) is 16.1. The summed E-state index contributed by atoms with van der Waals surface area (Å²) in [6.07, 6.45) is 14.1. The lowest BCUT2D eigenvalue weighted by Gasteiger charge is -2.49. The Bertz CT molecular complexity index is 1840. The summed E-state index contributed by atoms with van der Waals surface area (Å²) in [5, 5.41) is 0. The topological polar surface area (TPSA) is 0 Å². The third kappa shape index (κ3) is 5.53. The van der Waals surface area contributed by atoms with Crippen LogP contribution in [0.1, 0.15) is 95.9 Å². The van der Waals surface area contributed by atoms with Gasteiger partial charge in [0.05, 0.1) is 8.07 Å². The second-order valence-electron chi connectivity index (χ2n) is 18.7. The molecule has 3 saturated carbocycles. The Balaban J connectivity index is 1.23. The second-order valence-corrected chi connectivity index (χ2v) is 23.7. The maximum absolute atomic E-state index is 2.87. The van der Waals surface area contributed by atoms with Crippen molar-refractivity contribution in [3.63, 3.8) is 0 Å². The fraction of sp³-hybridized carbons (Fsp3) is 0.469. The maximum Gasteiger partial charge on any atom is 0.0553 e. The number of rotatable bonds is 6. The summed E-state index contributed by atoms with van der Waals surface area (Å²) in [4.78, 5) is 0. The monoisotopic (exact) mass is 676 g/mol. The summed E-state index contributed by atoms with van der Waals surface area (Å²) in [6.45, 7) is 20.5. The molecule has 3 fully saturated rings. The minimum atomic E-state index is -1.89. The van der Waals surface area contributed by atoms with Gasteiger partial charge in [-0.3, -0.25) is 0 Å². The molecule has 0 saturated heterocycles. The molecular formula is C49H60Si. The predicted molar refractivity (Wildman–Crippen MR) is 219 cm³/mol. The average Bonchev–Trinajstić information content (AvgIpc) is 3.83. The van der Waals surface area contributed by atoms with Crippen molar-refractivity contribution < 1.29 is 0 Å². The van der Waals surface area contributed by atoms with Gasteiger partial charge in [0.2, 0.25) is 0 Å². The van der Waals surface area contributed by atoms with E-state index < -0.39 is 8.07 Å². The molecule has 8 rings (SSSR count). The molecule has 8 atom stereocenters. The highest BCUT2D eigenvalue weighted by molar-refractivity contribution is 6.80. The smallest absolute Gasteiger partial charge is 0.0553 e. The van der Waals surface area contributed by atoms with Crippen LogP contribution in [0.15, 0.2) is 114 Å². The van der Waals surface area contributed by atoms with E-state index in [4.69, 9.17) is 0 Å². The molecule has 0 heterocycles. The first-order valence-electron chi connectivity index (χ1n) is 20.0. The minimum Gasteiger partial charge on any atom is -0.0808 e. The van der Waals surface area contributed by atoms with Crippen LogP contribution in [0.2, 0.25) is 24.2 Å². The summed E-state index contributed by atoms with van der Waals surface area (Å²) in [7, 11) is -1.89. The number of benzene rings is 3. The SMILES string of the molecule is CC(C)C1CC2C(c3ccc(C(C)(C)C)cc3)=CC=CC2C1[Si](C)(C)C1C(C)CC2C(c3ccccc3)=C3CCCC3=C(c3ccccc3)C21. The largest absolute Gasteiger partial charge is 0.0808 e. The van der Waals surface area contributed by atoms with Crippen LogP contribution in [0.25, 0.3) is 16.7 Å². The normalized spacial score (nSPS) is 30.9. The molecule has 0 radical (unpaired) electrons. The summed E-state index contributed by atoms with van der Waals surface area (Å²) in [6, 6.07) is 33.0. The zero-order valence-corrected chi connectivity index (χ0v) is 33.0. The third-order valence-corrected chi connectivity index (χ3v) is 19.5. The number of hydrogen-bond donors (Lipinski definition) is 0. The summed E-state index contributed by atoms with van der Waals surface area (Å²) in [5.74, 6) is 4.67. The molecule has 0 aliphatic heterocycles. The Morgan fingerprint density at radius 2 is 1.28 bits per heavy atom. The molecule has 50 heavy (non-hydrogen) atoms. The highest BCUT2D eigenvalue weighted by Crippen LogP contribution is 2.69. The van der Waals surface area contributed by atoms with E-state index in [0.29, 0.717) is 29.6 Å². The first kappa shape index (κ1) is 34.0. The maximum atomic E-state index is 2.87. The van der Waals surface area contributed by atoms with Crippen LogP contribution in [0.5, 0.6) is 0 Å². The molecule has 0 spiro atoms. The molecular weight excluding hydrogens is 617 g/mol. The van der Waals surface area contributed by atoms with Crippen molar-refractivity contribution in [2.75, 3.05) is 0 Å². The molecule has 3 aromatic rings. The van der Waals surface area contributed by atoms with E-state index in [0.717, 1.165) is 22.9 Å². The van der Waals surface area contributed by atoms with Crippen LogP contribution in [0, 0.1) is 41.4 Å². The molecule has 5 aliphatic carbocycles. The Kier molecular flexibility index (Phi) is 8.69. The van der Waals surface area contributed by atoms with E-state index in [1.807, 2.05) is 0 Å². The lowest BCUT2D eigenvalue weighted by atomic mass is 9.70. The van der Waals surface area contributed by atoms with E-state index in [9.17, 15) is 0 Å². The molecule has 0 amide bonds. The Morgan fingerprint density at radius 3 is 1.88 bits per heavy atom. The van der Waals surface area contributed by atoms with Gasteiger partial charge in [0.15, 0.2) is 0 Å². The van der Waals surface area contributed by atoms with E-state index in [-0.39, 0.29) is 5.41 Å². The lowest BCUT2D eigenvalue weighted by Crippen LogP contribution is -2.47. The first-order chi connectivity index (χ1) is 24.0. The van der Waals surface area contributed by atoms with E-state index in [1.165, 1.54) is 54.4 Å². The standard InChI is InChI=1S/C49H60Si/c1-31(2)41-30-42-37(33-25-27-36(28-26-33)49(4,5)6)21-15-24-40(42)48(41)50(7,8)47-32(3)29-43-44(34-17-11-9-12-18-34)38-22-16-23-39(38)45(46(43)47)35-19-13-10-14-20-35/h9-15,17-21,24-28,31-32,40-43,46-48H,16,22-23,29-30H2,1-8H3. The van der Waals surface area contributed by atoms with Crippen molar-refractivity contribution in [1.82, 2.24) is 0 Å².